The SMILES string of the molecule is CCOC(=O)[C@@H]1[C@H](c2ccc(F)cc2)NC(=S)N[C@]1(O)C(F)(F)F. The molecule has 24 heavy (non-hydrogen) atoms. The molecule has 3 N–H and O–H groups in total. The fraction of sp³-hybridized carbons (Fsp3) is 0.429. The largest absolute Gasteiger partial charge is 0.466 e. The highest BCUT2D eigenvalue weighted by molar-refractivity contribution is 7.80. The summed E-state index contributed by atoms with van der Waals surface area (Å²) in [6, 6.07) is 3.09. The Bertz CT molecular complexity index is 638. The molecule has 0 radical (unpaired) electrons. The van der Waals surface area contributed by atoms with E-state index in [4.69, 9.17) is 12.2 Å². The van der Waals surface area contributed by atoms with Crippen LogP contribution in [-0.4, -0.2) is 34.7 Å². The van der Waals surface area contributed by atoms with E-state index in [-0.39, 0.29) is 12.2 Å². The van der Waals surface area contributed by atoms with Crippen molar-refractivity contribution in [1.29, 1.82) is 0 Å². The minimum atomic E-state index is -5.21. The van der Waals surface area contributed by atoms with Crippen LogP contribution in [-0.2, 0) is 9.53 Å². The third kappa shape index (κ3) is 3.29. The number of hydrogen-bond donors (Lipinski definition) is 3. The Hall–Kier alpha value is -1.94. The van der Waals surface area contributed by atoms with Crippen molar-refractivity contribution in [3.8, 4) is 0 Å². The van der Waals surface area contributed by atoms with E-state index in [9.17, 15) is 27.5 Å². The Morgan fingerprint density at radius 1 is 1.38 bits per heavy atom. The average molecular weight is 366 g/mol. The minimum Gasteiger partial charge on any atom is -0.466 e. The molecule has 1 aromatic carbocycles. The van der Waals surface area contributed by atoms with Gasteiger partial charge in [0, 0.05) is 0 Å². The molecule has 0 spiro atoms. The summed E-state index contributed by atoms with van der Waals surface area (Å²) in [5.74, 6) is -3.96. The zero-order chi connectivity index (χ0) is 18.1. The highest BCUT2D eigenvalue weighted by Crippen LogP contribution is 2.43. The Morgan fingerprint density at radius 3 is 2.46 bits per heavy atom. The highest BCUT2D eigenvalue weighted by Gasteiger charge is 2.66. The van der Waals surface area contributed by atoms with E-state index in [0.717, 1.165) is 12.1 Å². The van der Waals surface area contributed by atoms with Gasteiger partial charge >= 0.3 is 12.1 Å². The Morgan fingerprint density at radius 2 is 1.96 bits per heavy atom. The van der Waals surface area contributed by atoms with Crippen LogP contribution in [0.4, 0.5) is 17.6 Å². The summed E-state index contributed by atoms with van der Waals surface area (Å²) in [6.07, 6.45) is -5.21. The molecular weight excluding hydrogens is 352 g/mol. The van der Waals surface area contributed by atoms with Crippen molar-refractivity contribution in [3.05, 3.63) is 35.6 Å². The number of esters is 1. The molecule has 0 amide bonds. The van der Waals surface area contributed by atoms with Gasteiger partial charge in [0.05, 0.1) is 12.6 Å². The minimum absolute atomic E-state index is 0.140. The monoisotopic (exact) mass is 366 g/mol. The van der Waals surface area contributed by atoms with Crippen molar-refractivity contribution in [3.63, 3.8) is 0 Å². The number of nitrogens with one attached hydrogen (secondary N) is 2. The second-order valence-electron chi connectivity index (χ2n) is 5.12. The first-order valence-corrected chi connectivity index (χ1v) is 7.31. The number of benzene rings is 1. The predicted molar refractivity (Wildman–Crippen MR) is 79.1 cm³/mol. The molecule has 1 heterocycles. The van der Waals surface area contributed by atoms with E-state index >= 15 is 0 Å². The number of hydrogen-bond acceptors (Lipinski definition) is 4. The Balaban J connectivity index is 2.55. The van der Waals surface area contributed by atoms with Gasteiger partial charge < -0.3 is 20.5 Å². The molecule has 10 heteroatoms. The zero-order valence-corrected chi connectivity index (χ0v) is 13.2. The number of carbonyl (C=O) groups is 1. The molecule has 5 nitrogen and oxygen atoms in total. The molecule has 0 bridgehead atoms. The molecule has 0 aromatic heterocycles. The van der Waals surface area contributed by atoms with Crippen molar-refractivity contribution < 1.29 is 32.2 Å². The van der Waals surface area contributed by atoms with Crippen molar-refractivity contribution in [2.75, 3.05) is 6.61 Å². The predicted octanol–water partition coefficient (Wildman–Crippen LogP) is 1.77. The number of halogens is 4. The van der Waals surface area contributed by atoms with Crippen molar-refractivity contribution in [2.24, 2.45) is 5.92 Å². The first-order valence-electron chi connectivity index (χ1n) is 6.90. The molecule has 1 saturated heterocycles. The van der Waals surface area contributed by atoms with Gasteiger partial charge in [0.15, 0.2) is 5.11 Å². The number of carbonyl (C=O) groups excluding carboxylic acids is 1. The average Bonchev–Trinajstić information content (AvgIpc) is 2.46. The molecule has 1 fully saturated rings. The lowest BCUT2D eigenvalue weighted by Crippen LogP contribution is -2.73. The maximum absolute atomic E-state index is 13.4. The molecule has 132 valence electrons. The van der Waals surface area contributed by atoms with Gasteiger partial charge in [-0.25, -0.2) is 4.39 Å². The van der Waals surface area contributed by atoms with E-state index in [1.165, 1.54) is 19.1 Å². The number of alkyl halides is 3. The third-order valence-electron chi connectivity index (χ3n) is 3.58. The van der Waals surface area contributed by atoms with E-state index < -0.39 is 40.8 Å². The molecule has 0 saturated carbocycles. The quantitative estimate of drug-likeness (QED) is 0.430. The lowest BCUT2D eigenvalue weighted by Gasteiger charge is -2.45. The van der Waals surface area contributed by atoms with Gasteiger partial charge in [-0.1, -0.05) is 12.1 Å². The van der Waals surface area contributed by atoms with E-state index in [2.05, 4.69) is 10.1 Å². The lowest BCUT2D eigenvalue weighted by molar-refractivity contribution is -0.292. The van der Waals surface area contributed by atoms with Gasteiger partial charge in [-0.15, -0.1) is 0 Å². The van der Waals surface area contributed by atoms with Gasteiger partial charge in [-0.2, -0.15) is 13.2 Å². The van der Waals surface area contributed by atoms with Crippen LogP contribution in [0, 0.1) is 11.7 Å². The normalized spacial score (nSPS) is 27.2. The maximum atomic E-state index is 13.4. The topological polar surface area (TPSA) is 70.6 Å². The number of ether oxygens (including phenoxy) is 1. The van der Waals surface area contributed by atoms with Crippen LogP contribution in [0.3, 0.4) is 0 Å². The second kappa shape index (κ2) is 6.52. The summed E-state index contributed by atoms with van der Waals surface area (Å²) < 4.78 is 58.1. The molecule has 1 aliphatic rings. The summed E-state index contributed by atoms with van der Waals surface area (Å²) in [5.41, 5.74) is -3.48. The van der Waals surface area contributed by atoms with Gasteiger partial charge in [0.2, 0.25) is 0 Å². The zero-order valence-electron chi connectivity index (χ0n) is 12.4. The number of rotatable bonds is 3. The van der Waals surface area contributed by atoms with E-state index in [0.29, 0.717) is 0 Å². The second-order valence-corrected chi connectivity index (χ2v) is 5.53. The van der Waals surface area contributed by atoms with Crippen molar-refractivity contribution in [2.45, 2.75) is 24.9 Å². The first-order chi connectivity index (χ1) is 11.1. The number of aliphatic hydroxyl groups is 1. The summed E-state index contributed by atoms with van der Waals surface area (Å²) in [7, 11) is 0. The Labute approximate surface area is 140 Å². The maximum Gasteiger partial charge on any atom is 0.437 e. The smallest absolute Gasteiger partial charge is 0.437 e. The molecule has 0 aliphatic carbocycles. The lowest BCUT2D eigenvalue weighted by atomic mass is 9.82. The van der Waals surface area contributed by atoms with Crippen molar-refractivity contribution in [1.82, 2.24) is 10.6 Å². The third-order valence-corrected chi connectivity index (χ3v) is 3.80. The van der Waals surface area contributed by atoms with Crippen LogP contribution < -0.4 is 10.6 Å². The molecule has 1 aromatic rings. The molecule has 0 unspecified atom stereocenters. The molecule has 1 aliphatic heterocycles. The van der Waals surface area contributed by atoms with Crippen molar-refractivity contribution >= 4 is 23.3 Å². The van der Waals surface area contributed by atoms with Crippen LogP contribution in [0.1, 0.15) is 18.5 Å². The van der Waals surface area contributed by atoms with Gasteiger partial charge in [0.25, 0.3) is 5.72 Å². The van der Waals surface area contributed by atoms with Gasteiger partial charge in [-0.3, -0.25) is 4.79 Å². The Kier molecular flexibility index (Phi) is 5.00. The summed E-state index contributed by atoms with van der Waals surface area (Å²) in [6.45, 7) is 1.25. The molecular formula is C14H14F4N2O3S. The van der Waals surface area contributed by atoms with Crippen LogP contribution in [0.25, 0.3) is 0 Å². The molecule has 2 rings (SSSR count). The fourth-order valence-electron chi connectivity index (χ4n) is 2.48. The first kappa shape index (κ1) is 18.4. The van der Waals surface area contributed by atoms with E-state index in [1.54, 1.807) is 5.32 Å². The number of thiocarbonyl (C=S) groups is 1. The van der Waals surface area contributed by atoms with Crippen LogP contribution in [0.2, 0.25) is 0 Å². The summed E-state index contributed by atoms with van der Waals surface area (Å²) in [4.78, 5) is 12.1. The standard InChI is InChI=1S/C14H14F4N2O3S/c1-2-23-11(21)9-10(7-3-5-8(15)6-4-7)19-12(24)20-13(9,22)14(16,17)18/h3-6,9-10,22H,2H2,1H3,(H2,19,20,24)/t9-,10-,13+/m0/s1. The van der Waals surface area contributed by atoms with Gasteiger partial charge in [0.1, 0.15) is 11.7 Å². The van der Waals surface area contributed by atoms with Gasteiger partial charge in [-0.05, 0) is 36.8 Å². The molecule has 3 atom stereocenters. The summed E-state index contributed by atoms with van der Waals surface area (Å²) >= 11 is 4.72. The van der Waals surface area contributed by atoms with Crippen LogP contribution >= 0.6 is 12.2 Å². The van der Waals surface area contributed by atoms with E-state index in [1.807, 2.05) is 0 Å². The fourth-order valence-corrected chi connectivity index (χ4v) is 2.77. The summed E-state index contributed by atoms with van der Waals surface area (Å²) in [5, 5.41) is 13.9. The highest BCUT2D eigenvalue weighted by atomic mass is 32.1. The van der Waals surface area contributed by atoms with Crippen LogP contribution in [0.15, 0.2) is 24.3 Å². The van der Waals surface area contributed by atoms with Crippen LogP contribution in [0.5, 0.6) is 0 Å².